The summed E-state index contributed by atoms with van der Waals surface area (Å²) in [5.41, 5.74) is 2.29. The largest absolute Gasteiger partial charge is 0.490 e. The fourth-order valence-corrected chi connectivity index (χ4v) is 4.22. The molecule has 1 aromatic carbocycles. The molecule has 0 N–H and O–H groups in total. The predicted molar refractivity (Wildman–Crippen MR) is 101 cm³/mol. The molecule has 0 aliphatic carbocycles. The van der Waals surface area contributed by atoms with Gasteiger partial charge >= 0.3 is 0 Å². The van der Waals surface area contributed by atoms with Crippen molar-refractivity contribution >= 4 is 0 Å². The SMILES string of the molecule is CCOc1cccc2c1O[C@@](C)(CCC=C(C)C)[C@@H]1CC[C@@H](C)O[C@@H]21. The van der Waals surface area contributed by atoms with E-state index >= 15 is 0 Å². The lowest BCUT2D eigenvalue weighted by Gasteiger charge is -2.50. The van der Waals surface area contributed by atoms with E-state index in [1.807, 2.05) is 13.0 Å². The van der Waals surface area contributed by atoms with E-state index in [4.69, 9.17) is 14.2 Å². The predicted octanol–water partition coefficient (Wildman–Crippen LogP) is 5.84. The number of hydrogen-bond donors (Lipinski definition) is 0. The van der Waals surface area contributed by atoms with E-state index in [2.05, 4.69) is 45.9 Å². The molecule has 1 fully saturated rings. The van der Waals surface area contributed by atoms with Gasteiger partial charge in [0.05, 0.1) is 18.8 Å². The zero-order chi connectivity index (χ0) is 18.0. The number of hydrogen-bond acceptors (Lipinski definition) is 3. The quantitative estimate of drug-likeness (QED) is 0.628. The van der Waals surface area contributed by atoms with Gasteiger partial charge in [0.2, 0.25) is 0 Å². The van der Waals surface area contributed by atoms with Crippen LogP contribution >= 0.6 is 0 Å². The monoisotopic (exact) mass is 344 g/mol. The van der Waals surface area contributed by atoms with Crippen LogP contribution < -0.4 is 9.47 Å². The Kier molecular flexibility index (Phi) is 5.43. The molecule has 3 rings (SSSR count). The van der Waals surface area contributed by atoms with Crippen LogP contribution in [-0.2, 0) is 4.74 Å². The lowest BCUT2D eigenvalue weighted by Crippen LogP contribution is -2.50. The standard InChI is InChI=1S/C22H32O3/c1-6-23-19-11-7-10-17-20-18(13-12-16(4)24-20)22(5,25-21(17)19)14-8-9-15(2)3/h7,9-11,16,18,20H,6,8,12-14H2,1-5H3/t16-,18-,20+,22+/m1/s1. The van der Waals surface area contributed by atoms with E-state index in [0.717, 1.165) is 42.7 Å². The summed E-state index contributed by atoms with van der Waals surface area (Å²) in [4.78, 5) is 0. The number of rotatable bonds is 5. The molecule has 1 aromatic rings. The number of benzene rings is 1. The summed E-state index contributed by atoms with van der Waals surface area (Å²) >= 11 is 0. The van der Waals surface area contributed by atoms with Gasteiger partial charge in [0.25, 0.3) is 0 Å². The highest BCUT2D eigenvalue weighted by Crippen LogP contribution is 2.54. The van der Waals surface area contributed by atoms with E-state index in [1.54, 1.807) is 0 Å². The first kappa shape index (κ1) is 18.3. The Morgan fingerprint density at radius 3 is 2.84 bits per heavy atom. The molecule has 25 heavy (non-hydrogen) atoms. The van der Waals surface area contributed by atoms with Crippen molar-refractivity contribution in [1.29, 1.82) is 0 Å². The maximum Gasteiger partial charge on any atom is 0.167 e. The second-order valence-corrected chi connectivity index (χ2v) is 7.89. The summed E-state index contributed by atoms with van der Waals surface area (Å²) in [7, 11) is 0. The summed E-state index contributed by atoms with van der Waals surface area (Å²) in [5, 5.41) is 0. The van der Waals surface area contributed by atoms with E-state index < -0.39 is 0 Å². The average molecular weight is 344 g/mol. The molecule has 0 aromatic heterocycles. The van der Waals surface area contributed by atoms with Gasteiger partial charge in [-0.2, -0.15) is 0 Å². The lowest BCUT2D eigenvalue weighted by molar-refractivity contribution is -0.152. The number of fused-ring (bicyclic) bond motifs is 3. The fraction of sp³-hybridized carbons (Fsp3) is 0.636. The third-order valence-electron chi connectivity index (χ3n) is 5.56. The summed E-state index contributed by atoms with van der Waals surface area (Å²) in [6.07, 6.45) is 6.98. The van der Waals surface area contributed by atoms with Gasteiger partial charge < -0.3 is 14.2 Å². The Morgan fingerprint density at radius 2 is 2.12 bits per heavy atom. The Labute approximate surface area is 152 Å². The lowest BCUT2D eigenvalue weighted by atomic mass is 9.72. The molecular weight excluding hydrogens is 312 g/mol. The fourth-order valence-electron chi connectivity index (χ4n) is 4.22. The Bertz CT molecular complexity index is 632. The van der Waals surface area contributed by atoms with Crippen molar-refractivity contribution in [1.82, 2.24) is 0 Å². The summed E-state index contributed by atoms with van der Waals surface area (Å²) in [5.74, 6) is 2.12. The molecular formula is C22H32O3. The molecule has 2 heterocycles. The average Bonchev–Trinajstić information content (AvgIpc) is 2.55. The molecule has 0 spiro atoms. The minimum absolute atomic E-state index is 0.101. The molecule has 3 nitrogen and oxygen atoms in total. The molecule has 2 aliphatic heterocycles. The minimum atomic E-state index is -0.225. The van der Waals surface area contributed by atoms with Crippen LogP contribution in [0.1, 0.15) is 72.0 Å². The van der Waals surface area contributed by atoms with Gasteiger partial charge in [-0.1, -0.05) is 23.8 Å². The third kappa shape index (κ3) is 3.72. The van der Waals surface area contributed by atoms with Crippen LogP contribution in [0.5, 0.6) is 11.5 Å². The van der Waals surface area contributed by atoms with Crippen molar-refractivity contribution in [3.63, 3.8) is 0 Å². The van der Waals surface area contributed by atoms with Crippen LogP contribution in [0.2, 0.25) is 0 Å². The highest BCUT2D eigenvalue weighted by atomic mass is 16.5. The number of para-hydroxylation sites is 1. The van der Waals surface area contributed by atoms with Gasteiger partial charge in [-0.05, 0) is 66.4 Å². The third-order valence-corrected chi connectivity index (χ3v) is 5.56. The first-order valence-corrected chi connectivity index (χ1v) is 9.68. The Hall–Kier alpha value is -1.48. The first-order chi connectivity index (χ1) is 11.9. The second kappa shape index (κ2) is 7.41. The van der Waals surface area contributed by atoms with Crippen molar-refractivity contribution in [2.45, 2.75) is 78.1 Å². The van der Waals surface area contributed by atoms with Gasteiger partial charge in [-0.15, -0.1) is 0 Å². The molecule has 3 heteroatoms. The topological polar surface area (TPSA) is 27.7 Å². The van der Waals surface area contributed by atoms with Crippen molar-refractivity contribution in [3.8, 4) is 11.5 Å². The van der Waals surface area contributed by atoms with Gasteiger partial charge in [-0.25, -0.2) is 0 Å². The molecule has 2 aliphatic rings. The van der Waals surface area contributed by atoms with Gasteiger partial charge in [0, 0.05) is 11.5 Å². The van der Waals surface area contributed by atoms with Crippen molar-refractivity contribution < 1.29 is 14.2 Å². The van der Waals surface area contributed by atoms with Crippen LogP contribution in [0.4, 0.5) is 0 Å². The van der Waals surface area contributed by atoms with E-state index in [0.29, 0.717) is 18.6 Å². The van der Waals surface area contributed by atoms with Crippen molar-refractivity contribution in [2.24, 2.45) is 5.92 Å². The van der Waals surface area contributed by atoms with Crippen LogP contribution in [0, 0.1) is 5.92 Å². The van der Waals surface area contributed by atoms with Crippen LogP contribution in [-0.4, -0.2) is 18.3 Å². The molecule has 0 unspecified atom stereocenters. The van der Waals surface area contributed by atoms with E-state index in [-0.39, 0.29) is 11.7 Å². The van der Waals surface area contributed by atoms with Crippen LogP contribution in [0.3, 0.4) is 0 Å². The van der Waals surface area contributed by atoms with Crippen molar-refractivity contribution in [3.05, 3.63) is 35.4 Å². The van der Waals surface area contributed by atoms with Crippen molar-refractivity contribution in [2.75, 3.05) is 6.61 Å². The maximum atomic E-state index is 6.66. The number of ether oxygens (including phenoxy) is 3. The van der Waals surface area contributed by atoms with Crippen LogP contribution in [0.15, 0.2) is 29.8 Å². The summed E-state index contributed by atoms with van der Waals surface area (Å²) in [6.45, 7) is 11.4. The van der Waals surface area contributed by atoms with Crippen LogP contribution in [0.25, 0.3) is 0 Å². The molecule has 1 saturated heterocycles. The number of allylic oxidation sites excluding steroid dienone is 2. The van der Waals surface area contributed by atoms with Gasteiger partial charge in [-0.3, -0.25) is 0 Å². The normalized spacial score (nSPS) is 30.7. The zero-order valence-electron chi connectivity index (χ0n) is 16.3. The van der Waals surface area contributed by atoms with Gasteiger partial charge in [0.15, 0.2) is 11.5 Å². The maximum absolute atomic E-state index is 6.66. The molecule has 0 saturated carbocycles. The van der Waals surface area contributed by atoms with E-state index in [1.165, 1.54) is 5.57 Å². The minimum Gasteiger partial charge on any atom is -0.490 e. The summed E-state index contributed by atoms with van der Waals surface area (Å²) < 4.78 is 18.9. The van der Waals surface area contributed by atoms with Gasteiger partial charge in [0.1, 0.15) is 5.60 Å². The van der Waals surface area contributed by atoms with E-state index in [9.17, 15) is 0 Å². The molecule has 0 bridgehead atoms. The molecule has 4 atom stereocenters. The molecule has 0 radical (unpaired) electrons. The Morgan fingerprint density at radius 1 is 1.32 bits per heavy atom. The zero-order valence-corrected chi connectivity index (χ0v) is 16.3. The summed E-state index contributed by atoms with van der Waals surface area (Å²) in [6, 6.07) is 6.20. The molecule has 138 valence electrons. The first-order valence-electron chi connectivity index (χ1n) is 9.68. The smallest absolute Gasteiger partial charge is 0.167 e. The highest BCUT2D eigenvalue weighted by Gasteiger charge is 2.49. The Balaban J connectivity index is 1.97. The second-order valence-electron chi connectivity index (χ2n) is 7.89. The highest BCUT2D eigenvalue weighted by molar-refractivity contribution is 5.50. The molecule has 0 amide bonds.